The molecule has 0 bridgehead atoms. The van der Waals surface area contributed by atoms with Crippen molar-refractivity contribution in [3.63, 3.8) is 0 Å². The SMILES string of the molecule is Cc1nn2c(C)nnc2cc1C(C)(C)C. The summed E-state index contributed by atoms with van der Waals surface area (Å²) in [7, 11) is 0. The second-order valence-corrected chi connectivity index (χ2v) is 4.91. The summed E-state index contributed by atoms with van der Waals surface area (Å²) in [6.07, 6.45) is 0. The Bertz CT molecular complexity index is 505. The first-order valence-electron chi connectivity index (χ1n) is 5.10. The van der Waals surface area contributed by atoms with E-state index in [0.717, 1.165) is 17.2 Å². The molecule has 0 saturated carbocycles. The van der Waals surface area contributed by atoms with Crippen molar-refractivity contribution in [1.29, 1.82) is 0 Å². The molecule has 4 heteroatoms. The van der Waals surface area contributed by atoms with E-state index in [0.29, 0.717) is 0 Å². The molecule has 2 aromatic rings. The van der Waals surface area contributed by atoms with Gasteiger partial charge in [-0.05, 0) is 30.9 Å². The van der Waals surface area contributed by atoms with Gasteiger partial charge in [0.1, 0.15) is 0 Å². The van der Waals surface area contributed by atoms with Crippen molar-refractivity contribution in [3.05, 3.63) is 23.1 Å². The van der Waals surface area contributed by atoms with Crippen LogP contribution in [-0.2, 0) is 5.41 Å². The molecule has 0 aliphatic heterocycles. The highest BCUT2D eigenvalue weighted by Gasteiger charge is 2.19. The average Bonchev–Trinajstić information content (AvgIpc) is 2.45. The van der Waals surface area contributed by atoms with E-state index in [1.807, 2.05) is 13.8 Å². The van der Waals surface area contributed by atoms with Gasteiger partial charge in [-0.3, -0.25) is 0 Å². The molecule has 0 radical (unpaired) electrons. The Morgan fingerprint density at radius 1 is 1.13 bits per heavy atom. The fourth-order valence-corrected chi connectivity index (χ4v) is 1.78. The molecule has 0 amide bonds. The summed E-state index contributed by atoms with van der Waals surface area (Å²) >= 11 is 0. The third-order valence-electron chi connectivity index (χ3n) is 2.54. The molecule has 0 aliphatic carbocycles. The fraction of sp³-hybridized carbons (Fsp3) is 0.545. The topological polar surface area (TPSA) is 43.1 Å². The molecule has 4 nitrogen and oxygen atoms in total. The Balaban J connectivity index is 2.74. The van der Waals surface area contributed by atoms with Gasteiger partial charge in [0.25, 0.3) is 0 Å². The quantitative estimate of drug-likeness (QED) is 0.659. The number of aryl methyl sites for hydroxylation is 2. The van der Waals surface area contributed by atoms with Gasteiger partial charge in [0.15, 0.2) is 11.5 Å². The molecule has 80 valence electrons. The van der Waals surface area contributed by atoms with Gasteiger partial charge in [-0.2, -0.15) is 9.61 Å². The van der Waals surface area contributed by atoms with E-state index in [4.69, 9.17) is 0 Å². The van der Waals surface area contributed by atoms with Crippen LogP contribution >= 0.6 is 0 Å². The van der Waals surface area contributed by atoms with Gasteiger partial charge in [-0.15, -0.1) is 10.2 Å². The Kier molecular flexibility index (Phi) is 2.03. The number of fused-ring (bicyclic) bond motifs is 1. The highest BCUT2D eigenvalue weighted by molar-refractivity contribution is 5.43. The van der Waals surface area contributed by atoms with Crippen molar-refractivity contribution in [2.45, 2.75) is 40.0 Å². The lowest BCUT2D eigenvalue weighted by molar-refractivity contribution is 0.577. The minimum atomic E-state index is 0.0959. The van der Waals surface area contributed by atoms with E-state index >= 15 is 0 Å². The van der Waals surface area contributed by atoms with E-state index in [-0.39, 0.29) is 5.41 Å². The van der Waals surface area contributed by atoms with Gasteiger partial charge in [0.05, 0.1) is 5.69 Å². The summed E-state index contributed by atoms with van der Waals surface area (Å²) in [5.74, 6) is 0.827. The molecule has 0 aromatic carbocycles. The number of rotatable bonds is 0. The first-order chi connectivity index (χ1) is 6.89. The predicted octanol–water partition coefficient (Wildman–Crippen LogP) is 2.04. The van der Waals surface area contributed by atoms with Crippen LogP contribution in [0.1, 0.15) is 37.9 Å². The monoisotopic (exact) mass is 204 g/mol. The third kappa shape index (κ3) is 1.60. The van der Waals surface area contributed by atoms with Crippen molar-refractivity contribution in [2.75, 3.05) is 0 Å². The molecule has 0 spiro atoms. The maximum atomic E-state index is 4.49. The smallest absolute Gasteiger partial charge is 0.178 e. The molecular weight excluding hydrogens is 188 g/mol. The van der Waals surface area contributed by atoms with Crippen LogP contribution in [0, 0.1) is 13.8 Å². The summed E-state index contributed by atoms with van der Waals surface area (Å²) in [5.41, 5.74) is 3.18. The van der Waals surface area contributed by atoms with Gasteiger partial charge in [0, 0.05) is 0 Å². The Hall–Kier alpha value is -1.45. The zero-order valence-electron chi connectivity index (χ0n) is 9.87. The van der Waals surface area contributed by atoms with E-state index in [1.165, 1.54) is 5.56 Å². The first-order valence-corrected chi connectivity index (χ1v) is 5.10. The van der Waals surface area contributed by atoms with Crippen LogP contribution in [0.3, 0.4) is 0 Å². The van der Waals surface area contributed by atoms with Crippen molar-refractivity contribution in [1.82, 2.24) is 19.8 Å². The van der Waals surface area contributed by atoms with Gasteiger partial charge in [-0.1, -0.05) is 20.8 Å². The lowest BCUT2D eigenvalue weighted by Gasteiger charge is -2.20. The normalized spacial score (nSPS) is 12.3. The fourth-order valence-electron chi connectivity index (χ4n) is 1.78. The number of hydrogen-bond donors (Lipinski definition) is 0. The summed E-state index contributed by atoms with van der Waals surface area (Å²) < 4.78 is 1.78. The number of hydrogen-bond acceptors (Lipinski definition) is 3. The molecule has 0 aliphatic rings. The third-order valence-corrected chi connectivity index (χ3v) is 2.54. The van der Waals surface area contributed by atoms with Gasteiger partial charge in [-0.25, -0.2) is 0 Å². The molecule has 2 aromatic heterocycles. The van der Waals surface area contributed by atoms with Crippen LogP contribution in [0.15, 0.2) is 6.07 Å². The number of aromatic nitrogens is 4. The van der Waals surface area contributed by atoms with E-state index in [1.54, 1.807) is 4.52 Å². The lowest BCUT2D eigenvalue weighted by atomic mass is 9.86. The summed E-state index contributed by atoms with van der Waals surface area (Å²) in [5, 5.41) is 12.6. The van der Waals surface area contributed by atoms with Gasteiger partial charge in [0.2, 0.25) is 0 Å². The molecule has 0 unspecified atom stereocenters. The molecular formula is C11H16N4. The summed E-state index contributed by atoms with van der Waals surface area (Å²) in [6.45, 7) is 10.5. The van der Waals surface area contributed by atoms with E-state index < -0.39 is 0 Å². The van der Waals surface area contributed by atoms with Crippen molar-refractivity contribution >= 4 is 5.65 Å². The van der Waals surface area contributed by atoms with Crippen LogP contribution in [0.4, 0.5) is 0 Å². The molecule has 2 rings (SSSR count). The predicted molar refractivity (Wildman–Crippen MR) is 59.0 cm³/mol. The molecule has 0 saturated heterocycles. The zero-order valence-corrected chi connectivity index (χ0v) is 9.87. The Morgan fingerprint density at radius 2 is 1.80 bits per heavy atom. The van der Waals surface area contributed by atoms with Crippen molar-refractivity contribution in [3.8, 4) is 0 Å². The van der Waals surface area contributed by atoms with Crippen LogP contribution in [0.5, 0.6) is 0 Å². The molecule has 15 heavy (non-hydrogen) atoms. The zero-order chi connectivity index (χ0) is 11.2. The minimum absolute atomic E-state index is 0.0959. The maximum Gasteiger partial charge on any atom is 0.178 e. The number of nitrogens with zero attached hydrogens (tertiary/aromatic N) is 4. The average molecular weight is 204 g/mol. The highest BCUT2D eigenvalue weighted by Crippen LogP contribution is 2.25. The van der Waals surface area contributed by atoms with Crippen LogP contribution < -0.4 is 0 Å². The summed E-state index contributed by atoms with van der Waals surface area (Å²) in [6, 6.07) is 2.07. The van der Waals surface area contributed by atoms with Crippen molar-refractivity contribution in [2.24, 2.45) is 0 Å². The highest BCUT2D eigenvalue weighted by atomic mass is 15.4. The molecule has 0 N–H and O–H groups in total. The second kappa shape index (κ2) is 3.02. The first kappa shape index (κ1) is 10.1. The second-order valence-electron chi connectivity index (χ2n) is 4.91. The van der Waals surface area contributed by atoms with Crippen LogP contribution in [0.25, 0.3) is 5.65 Å². The standard InChI is InChI=1S/C11H16N4/c1-7-9(11(3,4)5)6-10-13-12-8(2)15(10)14-7/h6H,1-5H3. The lowest BCUT2D eigenvalue weighted by Crippen LogP contribution is -2.15. The van der Waals surface area contributed by atoms with Gasteiger partial charge < -0.3 is 0 Å². The largest absolute Gasteiger partial charge is 0.197 e. The Morgan fingerprint density at radius 3 is 2.40 bits per heavy atom. The van der Waals surface area contributed by atoms with Crippen LogP contribution in [-0.4, -0.2) is 19.8 Å². The van der Waals surface area contributed by atoms with Crippen molar-refractivity contribution < 1.29 is 0 Å². The molecule has 2 heterocycles. The molecule has 0 atom stereocenters. The summed E-state index contributed by atoms with van der Waals surface area (Å²) in [4.78, 5) is 0. The maximum absolute atomic E-state index is 4.49. The Labute approximate surface area is 89.3 Å². The molecule has 0 fully saturated rings. The minimum Gasteiger partial charge on any atom is -0.197 e. The van der Waals surface area contributed by atoms with E-state index in [9.17, 15) is 0 Å². The van der Waals surface area contributed by atoms with Crippen LogP contribution in [0.2, 0.25) is 0 Å². The van der Waals surface area contributed by atoms with Gasteiger partial charge >= 0.3 is 0 Å². The van der Waals surface area contributed by atoms with E-state index in [2.05, 4.69) is 42.1 Å².